The molecule has 0 radical (unpaired) electrons. The number of nitrogens with zero attached hydrogens (tertiary/aromatic N) is 3. The maximum Gasteiger partial charge on any atom is 0.326 e. The van der Waals surface area contributed by atoms with Crippen molar-refractivity contribution in [3.8, 4) is 11.4 Å². The zero-order valence-electron chi connectivity index (χ0n) is 16.1. The lowest BCUT2D eigenvalue weighted by Crippen LogP contribution is -2.41. The average Bonchev–Trinajstić information content (AvgIpc) is 3.05. The first-order chi connectivity index (χ1) is 12.9. The Balaban J connectivity index is 2.25. The van der Waals surface area contributed by atoms with Gasteiger partial charge in [0.2, 0.25) is 0 Å². The molecule has 1 heterocycles. The number of hydrogen-bond donors (Lipinski definition) is 2. The minimum atomic E-state index is -1.06. The fourth-order valence-corrected chi connectivity index (χ4v) is 2.71. The third kappa shape index (κ3) is 5.06. The number of carbonyl (C=O) groups excluding carboxylic acids is 1. The quantitative estimate of drug-likeness (QED) is 0.699. The zero-order chi connectivity index (χ0) is 20.0. The molecule has 0 spiro atoms. The number of rotatable bonds is 9. The minimum absolute atomic E-state index is 0.0778. The fourth-order valence-electron chi connectivity index (χ4n) is 2.71. The number of nitrogens with one attached hydrogen (secondary N) is 1. The number of carboxylic acid groups (broad SMARTS) is 1. The van der Waals surface area contributed by atoms with Gasteiger partial charge in [-0.3, -0.25) is 4.79 Å². The van der Waals surface area contributed by atoms with E-state index in [2.05, 4.69) is 15.6 Å². The molecular formula is C19H26N4O4. The van der Waals surface area contributed by atoms with Gasteiger partial charge < -0.3 is 15.2 Å². The molecule has 0 aliphatic rings. The van der Waals surface area contributed by atoms with Gasteiger partial charge in [-0.1, -0.05) is 25.5 Å². The van der Waals surface area contributed by atoms with Crippen molar-refractivity contribution in [2.75, 3.05) is 0 Å². The molecule has 1 amide bonds. The number of hydrogen-bond acceptors (Lipinski definition) is 5. The Kier molecular flexibility index (Phi) is 6.92. The highest BCUT2D eigenvalue weighted by Crippen LogP contribution is 2.19. The van der Waals surface area contributed by atoms with Gasteiger partial charge in [-0.25, -0.2) is 9.48 Å². The lowest BCUT2D eigenvalue weighted by atomic mass is 10.1. The summed E-state index contributed by atoms with van der Waals surface area (Å²) in [6, 6.07) is 6.40. The summed E-state index contributed by atoms with van der Waals surface area (Å²) in [5.74, 6) is -0.844. The maximum atomic E-state index is 12.5. The molecule has 0 bridgehead atoms. The molecule has 1 aromatic heterocycles. The van der Waals surface area contributed by atoms with Gasteiger partial charge in [0.25, 0.3) is 5.91 Å². The van der Waals surface area contributed by atoms with Crippen molar-refractivity contribution in [2.45, 2.75) is 59.1 Å². The summed E-state index contributed by atoms with van der Waals surface area (Å²) in [5, 5.41) is 19.8. The highest BCUT2D eigenvalue weighted by Gasteiger charge is 2.24. The van der Waals surface area contributed by atoms with E-state index in [1.165, 1.54) is 0 Å². The van der Waals surface area contributed by atoms with Crippen LogP contribution < -0.4 is 10.1 Å². The topological polar surface area (TPSA) is 106 Å². The summed E-state index contributed by atoms with van der Waals surface area (Å²) in [4.78, 5) is 23.8. The Morgan fingerprint density at radius 2 is 1.89 bits per heavy atom. The van der Waals surface area contributed by atoms with Gasteiger partial charge in [0.15, 0.2) is 5.69 Å². The fraction of sp³-hybridized carbons (Fsp3) is 0.474. The van der Waals surface area contributed by atoms with E-state index in [9.17, 15) is 14.7 Å². The number of aliphatic carboxylic acids is 1. The van der Waals surface area contributed by atoms with Crippen LogP contribution in [0.1, 0.15) is 56.7 Å². The van der Waals surface area contributed by atoms with Crippen LogP contribution in [-0.4, -0.2) is 44.1 Å². The zero-order valence-corrected chi connectivity index (χ0v) is 16.1. The van der Waals surface area contributed by atoms with Gasteiger partial charge >= 0.3 is 5.97 Å². The first-order valence-electron chi connectivity index (χ1n) is 9.12. The van der Waals surface area contributed by atoms with E-state index in [0.29, 0.717) is 25.0 Å². The Morgan fingerprint density at radius 1 is 1.22 bits per heavy atom. The van der Waals surface area contributed by atoms with E-state index < -0.39 is 17.9 Å². The Labute approximate surface area is 158 Å². The van der Waals surface area contributed by atoms with Gasteiger partial charge in [0.05, 0.1) is 17.5 Å². The first kappa shape index (κ1) is 20.4. The molecule has 0 saturated heterocycles. The van der Waals surface area contributed by atoms with Crippen LogP contribution in [-0.2, 0) is 11.2 Å². The van der Waals surface area contributed by atoms with Crippen molar-refractivity contribution in [1.29, 1.82) is 0 Å². The van der Waals surface area contributed by atoms with Crippen molar-refractivity contribution in [3.05, 3.63) is 35.7 Å². The van der Waals surface area contributed by atoms with Crippen LogP contribution in [0.2, 0.25) is 0 Å². The Bertz CT molecular complexity index is 784. The summed E-state index contributed by atoms with van der Waals surface area (Å²) in [5.41, 5.74) is 1.51. The van der Waals surface area contributed by atoms with Gasteiger partial charge in [-0.05, 0) is 51.0 Å². The predicted molar refractivity (Wildman–Crippen MR) is 100 cm³/mol. The second kappa shape index (κ2) is 9.16. The molecule has 27 heavy (non-hydrogen) atoms. The monoisotopic (exact) mass is 374 g/mol. The van der Waals surface area contributed by atoms with E-state index in [1.54, 1.807) is 4.68 Å². The number of carbonyl (C=O) groups is 2. The van der Waals surface area contributed by atoms with Gasteiger partial charge in [0.1, 0.15) is 11.8 Å². The van der Waals surface area contributed by atoms with Gasteiger partial charge in [-0.2, -0.15) is 0 Å². The molecule has 2 N–H and O–H groups in total. The third-order valence-corrected chi connectivity index (χ3v) is 3.95. The standard InChI is InChI=1S/C19H26N4O4/c1-5-7-15(19(25)26)20-18(24)17-16(6-2)23(22-21-17)13-8-10-14(11-9-13)27-12(3)4/h8-12,15H,5-7H2,1-4H3,(H,20,24)(H,25,26). The molecule has 2 rings (SSSR count). The van der Waals surface area contributed by atoms with Crippen LogP contribution in [0.15, 0.2) is 24.3 Å². The number of amides is 1. The first-order valence-corrected chi connectivity index (χ1v) is 9.12. The lowest BCUT2D eigenvalue weighted by Gasteiger charge is -2.13. The molecule has 8 heteroatoms. The predicted octanol–water partition coefficient (Wildman–Crippen LogP) is 2.60. The summed E-state index contributed by atoms with van der Waals surface area (Å²) in [7, 11) is 0. The highest BCUT2D eigenvalue weighted by molar-refractivity contribution is 5.95. The average molecular weight is 374 g/mol. The molecule has 0 aliphatic heterocycles. The van der Waals surface area contributed by atoms with Crippen molar-refractivity contribution >= 4 is 11.9 Å². The van der Waals surface area contributed by atoms with Crippen LogP contribution in [0, 0.1) is 0 Å². The molecule has 0 fully saturated rings. The largest absolute Gasteiger partial charge is 0.491 e. The van der Waals surface area contributed by atoms with E-state index in [-0.39, 0.29) is 11.8 Å². The number of ether oxygens (including phenoxy) is 1. The normalized spacial score (nSPS) is 12.0. The Morgan fingerprint density at radius 3 is 2.41 bits per heavy atom. The van der Waals surface area contributed by atoms with Crippen LogP contribution in [0.5, 0.6) is 5.75 Å². The molecule has 1 unspecified atom stereocenters. The van der Waals surface area contributed by atoms with Crippen molar-refractivity contribution in [2.24, 2.45) is 0 Å². The van der Waals surface area contributed by atoms with Crippen molar-refractivity contribution in [1.82, 2.24) is 20.3 Å². The summed E-state index contributed by atoms with van der Waals surface area (Å²) >= 11 is 0. The van der Waals surface area contributed by atoms with Crippen molar-refractivity contribution in [3.63, 3.8) is 0 Å². The molecule has 2 aromatic rings. The summed E-state index contributed by atoms with van der Waals surface area (Å²) < 4.78 is 7.22. The second-order valence-electron chi connectivity index (χ2n) is 6.46. The van der Waals surface area contributed by atoms with Crippen LogP contribution >= 0.6 is 0 Å². The number of carboxylic acids is 1. The third-order valence-electron chi connectivity index (χ3n) is 3.95. The smallest absolute Gasteiger partial charge is 0.326 e. The van der Waals surface area contributed by atoms with Crippen LogP contribution in [0.4, 0.5) is 0 Å². The van der Waals surface area contributed by atoms with Gasteiger partial charge in [-0.15, -0.1) is 5.10 Å². The van der Waals surface area contributed by atoms with Gasteiger partial charge in [0, 0.05) is 0 Å². The number of aromatic nitrogens is 3. The Hall–Kier alpha value is -2.90. The maximum absolute atomic E-state index is 12.5. The van der Waals surface area contributed by atoms with Crippen LogP contribution in [0.25, 0.3) is 5.69 Å². The molecule has 1 aromatic carbocycles. The molecule has 0 saturated carbocycles. The lowest BCUT2D eigenvalue weighted by molar-refractivity contribution is -0.139. The number of benzene rings is 1. The molecule has 0 aliphatic carbocycles. The molecule has 146 valence electrons. The summed E-state index contributed by atoms with van der Waals surface area (Å²) in [6.45, 7) is 7.66. The van der Waals surface area contributed by atoms with E-state index in [1.807, 2.05) is 52.0 Å². The minimum Gasteiger partial charge on any atom is -0.491 e. The van der Waals surface area contributed by atoms with E-state index >= 15 is 0 Å². The van der Waals surface area contributed by atoms with E-state index in [4.69, 9.17) is 4.74 Å². The van der Waals surface area contributed by atoms with Crippen LogP contribution in [0.3, 0.4) is 0 Å². The molecule has 8 nitrogen and oxygen atoms in total. The highest BCUT2D eigenvalue weighted by atomic mass is 16.5. The molecule has 1 atom stereocenters. The second-order valence-corrected chi connectivity index (χ2v) is 6.46. The summed E-state index contributed by atoms with van der Waals surface area (Å²) in [6.07, 6.45) is 1.60. The van der Waals surface area contributed by atoms with Crippen molar-refractivity contribution < 1.29 is 19.4 Å². The molecular weight excluding hydrogens is 348 g/mol. The van der Waals surface area contributed by atoms with E-state index in [0.717, 1.165) is 11.4 Å². The SMILES string of the molecule is CCCC(NC(=O)c1nnn(-c2ccc(OC(C)C)cc2)c1CC)C(=O)O.